The third-order valence-electron chi connectivity index (χ3n) is 5.22. The number of hydrogen-bond acceptors (Lipinski definition) is 2. The molecule has 0 radical (unpaired) electrons. The highest BCUT2D eigenvalue weighted by Gasteiger charge is 2.10. The molecule has 0 N–H and O–H groups in total. The lowest BCUT2D eigenvalue weighted by Crippen LogP contribution is -2.06. The summed E-state index contributed by atoms with van der Waals surface area (Å²) in [6.07, 6.45) is 3.06. The van der Waals surface area contributed by atoms with Gasteiger partial charge in [0.25, 0.3) is 0 Å². The second-order valence-electron chi connectivity index (χ2n) is 7.47. The van der Waals surface area contributed by atoms with Crippen molar-refractivity contribution >= 4 is 22.8 Å². The van der Waals surface area contributed by atoms with Gasteiger partial charge in [-0.25, -0.2) is 0 Å². The van der Waals surface area contributed by atoms with Crippen molar-refractivity contribution in [2.45, 2.75) is 74.7 Å². The normalized spacial score (nSPS) is 12.6. The molecule has 2 aromatic carbocycles. The summed E-state index contributed by atoms with van der Waals surface area (Å²) in [5.41, 5.74) is 12.0. The van der Waals surface area contributed by atoms with Crippen molar-refractivity contribution < 1.29 is 0 Å². The third kappa shape index (κ3) is 4.94. The van der Waals surface area contributed by atoms with Crippen LogP contribution in [0.25, 0.3) is 0 Å². The smallest absolute Gasteiger partial charge is 0.0697 e. The first kappa shape index (κ1) is 21.1. The molecule has 0 aliphatic heterocycles. The second-order valence-corrected chi connectivity index (χ2v) is 7.47. The Balaban J connectivity index is 2.51. The number of aryl methyl sites for hydroxylation is 6. The molecule has 0 bridgehead atoms. The quantitative estimate of drug-likeness (QED) is 0.486. The Kier molecular flexibility index (Phi) is 7.12. The van der Waals surface area contributed by atoms with Crippen molar-refractivity contribution in [3.63, 3.8) is 0 Å². The van der Waals surface area contributed by atoms with E-state index in [4.69, 9.17) is 9.98 Å². The Morgan fingerprint density at radius 3 is 1.52 bits per heavy atom. The van der Waals surface area contributed by atoms with Crippen LogP contribution in [0.4, 0.5) is 11.4 Å². The van der Waals surface area contributed by atoms with Crippen LogP contribution in [0.5, 0.6) is 0 Å². The maximum Gasteiger partial charge on any atom is 0.0697 e. The maximum absolute atomic E-state index is 5.03. The first-order valence-electron chi connectivity index (χ1n) is 10.1. The minimum atomic E-state index is 0.980. The van der Waals surface area contributed by atoms with Gasteiger partial charge in [-0.05, 0) is 81.7 Å². The van der Waals surface area contributed by atoms with Gasteiger partial charge in [0.15, 0.2) is 0 Å². The molecule has 0 fully saturated rings. The highest BCUT2D eigenvalue weighted by atomic mass is 14.8. The van der Waals surface area contributed by atoms with Crippen LogP contribution < -0.4 is 0 Å². The van der Waals surface area contributed by atoms with E-state index in [2.05, 4.69) is 79.7 Å². The van der Waals surface area contributed by atoms with Crippen LogP contribution in [0.3, 0.4) is 0 Å². The standard InChI is InChI=1S/C25H34N2/c1-9-21-14-22(10-2)25(23(11-3)15-21)27-20(8)19(7)26-24-17(5)12-16(4)13-18(24)6/h12-15H,9-11H2,1-8H3. The lowest BCUT2D eigenvalue weighted by Gasteiger charge is -2.13. The average molecular weight is 363 g/mol. The molecular weight excluding hydrogens is 328 g/mol. The molecule has 0 saturated carbocycles. The van der Waals surface area contributed by atoms with E-state index in [1.807, 2.05) is 0 Å². The molecule has 0 aromatic heterocycles. The van der Waals surface area contributed by atoms with Crippen molar-refractivity contribution in [2.75, 3.05) is 0 Å². The largest absolute Gasteiger partial charge is 0.251 e. The topological polar surface area (TPSA) is 24.7 Å². The van der Waals surface area contributed by atoms with Gasteiger partial charge in [-0.2, -0.15) is 0 Å². The molecule has 2 nitrogen and oxygen atoms in total. The summed E-state index contributed by atoms with van der Waals surface area (Å²) >= 11 is 0. The Hall–Kier alpha value is -2.22. The molecule has 0 saturated heterocycles. The molecule has 2 aromatic rings. The Morgan fingerprint density at radius 1 is 0.667 bits per heavy atom. The SMILES string of the molecule is CCc1cc(CC)c(N=C(C)C(C)=Nc2c(C)cc(C)cc2C)c(CC)c1. The van der Waals surface area contributed by atoms with Gasteiger partial charge in [0, 0.05) is 0 Å². The minimum absolute atomic E-state index is 0.980. The zero-order chi connectivity index (χ0) is 20.1. The van der Waals surface area contributed by atoms with Crippen molar-refractivity contribution in [1.29, 1.82) is 0 Å². The van der Waals surface area contributed by atoms with Gasteiger partial charge in [0.1, 0.15) is 0 Å². The fourth-order valence-corrected chi connectivity index (χ4v) is 3.56. The van der Waals surface area contributed by atoms with E-state index >= 15 is 0 Å². The van der Waals surface area contributed by atoms with Crippen molar-refractivity contribution in [3.05, 3.63) is 57.6 Å². The summed E-state index contributed by atoms with van der Waals surface area (Å²) in [7, 11) is 0. The van der Waals surface area contributed by atoms with Gasteiger partial charge in [-0.3, -0.25) is 9.98 Å². The molecule has 2 rings (SSSR count). The summed E-state index contributed by atoms with van der Waals surface area (Å²) in [6.45, 7) is 17.2. The van der Waals surface area contributed by atoms with Crippen LogP contribution >= 0.6 is 0 Å². The summed E-state index contributed by atoms with van der Waals surface area (Å²) < 4.78 is 0. The molecule has 0 atom stereocenters. The molecule has 0 aliphatic rings. The number of rotatable bonds is 6. The Morgan fingerprint density at radius 2 is 1.11 bits per heavy atom. The average Bonchev–Trinajstić information content (AvgIpc) is 2.64. The molecule has 0 heterocycles. The molecule has 0 spiro atoms. The molecule has 0 unspecified atom stereocenters. The van der Waals surface area contributed by atoms with E-state index < -0.39 is 0 Å². The highest BCUT2D eigenvalue weighted by Crippen LogP contribution is 2.29. The van der Waals surface area contributed by atoms with Crippen LogP contribution in [0.1, 0.15) is 68.0 Å². The summed E-state index contributed by atoms with van der Waals surface area (Å²) in [5, 5.41) is 0. The number of nitrogens with zero attached hydrogens (tertiary/aromatic N) is 2. The highest BCUT2D eigenvalue weighted by molar-refractivity contribution is 6.41. The predicted octanol–water partition coefficient (Wildman–Crippen LogP) is 7.18. The van der Waals surface area contributed by atoms with Crippen LogP contribution in [-0.2, 0) is 19.3 Å². The van der Waals surface area contributed by atoms with Crippen LogP contribution in [0, 0.1) is 20.8 Å². The second kappa shape index (κ2) is 9.12. The number of benzene rings is 2. The summed E-state index contributed by atoms with van der Waals surface area (Å²) in [4.78, 5) is 9.96. The summed E-state index contributed by atoms with van der Waals surface area (Å²) in [6, 6.07) is 9.01. The zero-order valence-corrected chi connectivity index (χ0v) is 18.3. The van der Waals surface area contributed by atoms with E-state index in [1.54, 1.807) is 0 Å². The first-order chi connectivity index (χ1) is 12.8. The van der Waals surface area contributed by atoms with Crippen molar-refractivity contribution in [3.8, 4) is 0 Å². The van der Waals surface area contributed by atoms with Crippen LogP contribution in [0.2, 0.25) is 0 Å². The fraction of sp³-hybridized carbons (Fsp3) is 0.440. The van der Waals surface area contributed by atoms with E-state index in [1.165, 1.54) is 33.4 Å². The number of hydrogen-bond donors (Lipinski definition) is 0. The third-order valence-corrected chi connectivity index (χ3v) is 5.22. The van der Waals surface area contributed by atoms with Gasteiger partial charge >= 0.3 is 0 Å². The molecule has 144 valence electrons. The van der Waals surface area contributed by atoms with Gasteiger partial charge in [0.2, 0.25) is 0 Å². The van der Waals surface area contributed by atoms with E-state index in [-0.39, 0.29) is 0 Å². The lowest BCUT2D eigenvalue weighted by molar-refractivity contribution is 1.04. The van der Waals surface area contributed by atoms with Gasteiger partial charge in [0.05, 0.1) is 22.8 Å². The van der Waals surface area contributed by atoms with Crippen molar-refractivity contribution in [2.24, 2.45) is 9.98 Å². The van der Waals surface area contributed by atoms with E-state index in [9.17, 15) is 0 Å². The first-order valence-corrected chi connectivity index (χ1v) is 10.1. The number of aliphatic imine (C=N–C) groups is 2. The van der Waals surface area contributed by atoms with Crippen LogP contribution in [0.15, 0.2) is 34.3 Å². The zero-order valence-electron chi connectivity index (χ0n) is 18.3. The fourth-order valence-electron chi connectivity index (χ4n) is 3.56. The summed E-state index contributed by atoms with van der Waals surface area (Å²) in [5.74, 6) is 0. The maximum atomic E-state index is 5.03. The van der Waals surface area contributed by atoms with Gasteiger partial charge < -0.3 is 0 Å². The van der Waals surface area contributed by atoms with E-state index in [0.717, 1.165) is 42.1 Å². The monoisotopic (exact) mass is 362 g/mol. The lowest BCUT2D eigenvalue weighted by atomic mass is 9.98. The van der Waals surface area contributed by atoms with Gasteiger partial charge in [-0.15, -0.1) is 0 Å². The Bertz CT molecular complexity index is 837. The van der Waals surface area contributed by atoms with Crippen molar-refractivity contribution in [1.82, 2.24) is 0 Å². The van der Waals surface area contributed by atoms with Crippen LogP contribution in [-0.4, -0.2) is 11.4 Å². The molecule has 2 heteroatoms. The predicted molar refractivity (Wildman–Crippen MR) is 121 cm³/mol. The minimum Gasteiger partial charge on any atom is -0.251 e. The van der Waals surface area contributed by atoms with E-state index in [0.29, 0.717) is 0 Å². The molecule has 0 amide bonds. The molecular formula is C25H34N2. The molecule has 0 aliphatic carbocycles. The van der Waals surface area contributed by atoms with Gasteiger partial charge in [-0.1, -0.05) is 50.6 Å². The Labute approximate surface area is 165 Å². The molecule has 27 heavy (non-hydrogen) atoms.